The number of nitrogens with one attached hydrogen (secondary N) is 1. The third-order valence-electron chi connectivity index (χ3n) is 3.49. The fourth-order valence-electron chi connectivity index (χ4n) is 2.38. The van der Waals surface area contributed by atoms with E-state index in [1.165, 1.54) is 4.90 Å². The van der Waals surface area contributed by atoms with Gasteiger partial charge in [-0.2, -0.15) is 0 Å². The molecular weight excluding hydrogens is 250 g/mol. The molecule has 2 aliphatic rings. The summed E-state index contributed by atoms with van der Waals surface area (Å²) in [5, 5.41) is 12.1. The minimum absolute atomic E-state index is 0.263. The normalized spacial score (nSPS) is 26.6. The molecule has 1 unspecified atom stereocenters. The van der Waals surface area contributed by atoms with E-state index in [9.17, 15) is 19.5 Å². The molecule has 2 rings (SSSR count). The van der Waals surface area contributed by atoms with Gasteiger partial charge in [-0.3, -0.25) is 14.5 Å². The van der Waals surface area contributed by atoms with Crippen LogP contribution in [0.5, 0.6) is 0 Å². The molecular formula is C12H19N3O4. The summed E-state index contributed by atoms with van der Waals surface area (Å²) < 4.78 is 0. The Kier molecular flexibility index (Phi) is 3.49. The molecule has 0 aromatic heterocycles. The first kappa shape index (κ1) is 13.8. The van der Waals surface area contributed by atoms with Crippen molar-refractivity contribution in [1.82, 2.24) is 15.1 Å². The molecule has 0 aromatic carbocycles. The second-order valence-electron chi connectivity index (χ2n) is 5.58. The number of carbonyl (C=O) groups is 3. The van der Waals surface area contributed by atoms with Gasteiger partial charge in [-0.05, 0) is 26.7 Å². The van der Waals surface area contributed by atoms with E-state index in [2.05, 4.69) is 5.32 Å². The van der Waals surface area contributed by atoms with Crippen LogP contribution in [0.15, 0.2) is 0 Å². The van der Waals surface area contributed by atoms with E-state index < -0.39 is 23.6 Å². The highest BCUT2D eigenvalue weighted by molar-refractivity contribution is 6.08. The number of hydrogen-bond acceptors (Lipinski definition) is 4. The maximum absolute atomic E-state index is 12.0. The molecule has 1 atom stereocenters. The van der Waals surface area contributed by atoms with E-state index >= 15 is 0 Å². The number of aliphatic hydroxyl groups is 1. The van der Waals surface area contributed by atoms with E-state index in [4.69, 9.17) is 0 Å². The topological polar surface area (TPSA) is 90.0 Å². The van der Waals surface area contributed by atoms with Gasteiger partial charge in [0.25, 0.3) is 5.91 Å². The van der Waals surface area contributed by atoms with Gasteiger partial charge in [0.1, 0.15) is 12.1 Å². The zero-order chi connectivity index (χ0) is 14.2. The van der Waals surface area contributed by atoms with Crippen molar-refractivity contribution in [3.05, 3.63) is 0 Å². The Morgan fingerprint density at radius 3 is 2.68 bits per heavy atom. The van der Waals surface area contributed by atoms with Crippen LogP contribution in [-0.4, -0.2) is 64.0 Å². The second-order valence-corrected chi connectivity index (χ2v) is 5.58. The third-order valence-corrected chi connectivity index (χ3v) is 3.49. The molecule has 0 radical (unpaired) electrons. The predicted molar refractivity (Wildman–Crippen MR) is 66.1 cm³/mol. The average Bonchev–Trinajstić information content (AvgIpc) is 2.51. The lowest BCUT2D eigenvalue weighted by atomic mass is 10.1. The highest BCUT2D eigenvalue weighted by Gasteiger charge is 2.45. The van der Waals surface area contributed by atoms with Crippen molar-refractivity contribution in [2.75, 3.05) is 19.6 Å². The Labute approximate surface area is 111 Å². The van der Waals surface area contributed by atoms with Gasteiger partial charge in [-0.1, -0.05) is 0 Å². The number of imide groups is 1. The molecule has 106 valence electrons. The highest BCUT2D eigenvalue weighted by atomic mass is 16.3. The molecule has 2 aliphatic heterocycles. The zero-order valence-corrected chi connectivity index (χ0v) is 11.2. The van der Waals surface area contributed by atoms with Crippen molar-refractivity contribution in [2.45, 2.75) is 38.3 Å². The van der Waals surface area contributed by atoms with Crippen LogP contribution in [0.2, 0.25) is 0 Å². The molecule has 0 saturated carbocycles. The maximum atomic E-state index is 12.0. The molecule has 0 spiro atoms. The standard InChI is InChI=1S/C12H19N3O4/c1-12(2)10(18)15(11(19)13-12)7-9(17)14-5-3-4-8(16)6-14/h8,16H,3-7H2,1-2H3,(H,13,19). The Morgan fingerprint density at radius 1 is 1.47 bits per heavy atom. The first-order valence-corrected chi connectivity index (χ1v) is 6.41. The van der Waals surface area contributed by atoms with Gasteiger partial charge < -0.3 is 15.3 Å². The zero-order valence-electron chi connectivity index (χ0n) is 11.2. The molecule has 2 heterocycles. The molecule has 0 aromatic rings. The van der Waals surface area contributed by atoms with Gasteiger partial charge >= 0.3 is 6.03 Å². The van der Waals surface area contributed by atoms with Crippen molar-refractivity contribution < 1.29 is 19.5 Å². The first-order chi connectivity index (χ1) is 8.81. The largest absolute Gasteiger partial charge is 0.391 e. The van der Waals surface area contributed by atoms with Crippen LogP contribution in [0.3, 0.4) is 0 Å². The summed E-state index contributed by atoms with van der Waals surface area (Å²) in [5.74, 6) is -0.705. The number of hydrogen-bond donors (Lipinski definition) is 2. The van der Waals surface area contributed by atoms with Crippen LogP contribution in [0.25, 0.3) is 0 Å². The molecule has 7 nitrogen and oxygen atoms in total. The Bertz CT molecular complexity index is 421. The molecule has 2 N–H and O–H groups in total. The number of amides is 4. The number of β-amino-alcohol motifs (C(OH)–C–C–N with tert-alkyl or cyclic N) is 1. The summed E-state index contributed by atoms with van der Waals surface area (Å²) in [6.45, 7) is 3.76. The average molecular weight is 269 g/mol. The molecule has 0 aliphatic carbocycles. The number of urea groups is 1. The molecule has 4 amide bonds. The molecule has 0 bridgehead atoms. The van der Waals surface area contributed by atoms with Gasteiger partial charge in [-0.25, -0.2) is 4.79 Å². The van der Waals surface area contributed by atoms with Crippen molar-refractivity contribution in [1.29, 1.82) is 0 Å². The van der Waals surface area contributed by atoms with Gasteiger partial charge in [0, 0.05) is 13.1 Å². The SMILES string of the molecule is CC1(C)NC(=O)N(CC(=O)N2CCCC(O)C2)C1=O. The lowest BCUT2D eigenvalue weighted by Gasteiger charge is -2.31. The summed E-state index contributed by atoms with van der Waals surface area (Å²) >= 11 is 0. The van der Waals surface area contributed by atoms with E-state index in [1.807, 2.05) is 0 Å². The highest BCUT2D eigenvalue weighted by Crippen LogP contribution is 2.17. The van der Waals surface area contributed by atoms with Crippen LogP contribution in [0.4, 0.5) is 4.79 Å². The fourth-order valence-corrected chi connectivity index (χ4v) is 2.38. The van der Waals surface area contributed by atoms with Gasteiger partial charge in [0.05, 0.1) is 6.10 Å². The number of nitrogens with zero attached hydrogens (tertiary/aromatic N) is 2. The van der Waals surface area contributed by atoms with E-state index in [1.54, 1.807) is 13.8 Å². The summed E-state index contributed by atoms with van der Waals surface area (Å²) in [4.78, 5) is 38.1. The van der Waals surface area contributed by atoms with Crippen molar-refractivity contribution >= 4 is 17.8 Å². The maximum Gasteiger partial charge on any atom is 0.325 e. The monoisotopic (exact) mass is 269 g/mol. The minimum atomic E-state index is -0.960. The summed E-state index contributed by atoms with van der Waals surface area (Å²) in [5.41, 5.74) is -0.960. The van der Waals surface area contributed by atoms with Crippen molar-refractivity contribution in [3.8, 4) is 0 Å². The van der Waals surface area contributed by atoms with Crippen molar-refractivity contribution in [2.24, 2.45) is 0 Å². The van der Waals surface area contributed by atoms with Crippen LogP contribution in [0.1, 0.15) is 26.7 Å². The first-order valence-electron chi connectivity index (χ1n) is 6.41. The Morgan fingerprint density at radius 2 is 2.16 bits per heavy atom. The quantitative estimate of drug-likeness (QED) is 0.649. The van der Waals surface area contributed by atoms with Crippen molar-refractivity contribution in [3.63, 3.8) is 0 Å². The summed E-state index contributed by atoms with van der Waals surface area (Å²) in [6.07, 6.45) is 0.899. The molecule has 7 heteroatoms. The third kappa shape index (κ3) is 2.70. The second kappa shape index (κ2) is 4.80. The van der Waals surface area contributed by atoms with E-state index in [0.717, 1.165) is 11.3 Å². The van der Waals surface area contributed by atoms with Crippen LogP contribution in [-0.2, 0) is 9.59 Å². The number of rotatable bonds is 2. The van der Waals surface area contributed by atoms with Crippen LogP contribution < -0.4 is 5.32 Å². The summed E-state index contributed by atoms with van der Waals surface area (Å²) in [6, 6.07) is -0.541. The molecule has 2 saturated heterocycles. The summed E-state index contributed by atoms with van der Waals surface area (Å²) in [7, 11) is 0. The number of piperidine rings is 1. The number of aliphatic hydroxyl groups excluding tert-OH is 1. The van der Waals surface area contributed by atoms with E-state index in [-0.39, 0.29) is 19.0 Å². The molecule has 19 heavy (non-hydrogen) atoms. The Balaban J connectivity index is 1.99. The number of carbonyl (C=O) groups excluding carboxylic acids is 3. The predicted octanol–water partition coefficient (Wildman–Crippen LogP) is -0.700. The lowest BCUT2D eigenvalue weighted by Crippen LogP contribution is -2.48. The van der Waals surface area contributed by atoms with Gasteiger partial charge in [0.15, 0.2) is 0 Å². The Hall–Kier alpha value is -1.63. The lowest BCUT2D eigenvalue weighted by molar-refractivity contribution is -0.140. The number of likely N-dealkylation sites (tertiary alicyclic amines) is 1. The van der Waals surface area contributed by atoms with Gasteiger partial charge in [-0.15, -0.1) is 0 Å². The molecule has 2 fully saturated rings. The van der Waals surface area contributed by atoms with Crippen LogP contribution >= 0.6 is 0 Å². The van der Waals surface area contributed by atoms with Crippen LogP contribution in [0, 0.1) is 0 Å². The fraction of sp³-hybridized carbons (Fsp3) is 0.750. The smallest absolute Gasteiger partial charge is 0.325 e. The van der Waals surface area contributed by atoms with Gasteiger partial charge in [0.2, 0.25) is 5.91 Å². The minimum Gasteiger partial charge on any atom is -0.391 e. The van der Waals surface area contributed by atoms with E-state index in [0.29, 0.717) is 13.0 Å².